The van der Waals surface area contributed by atoms with Gasteiger partial charge in [-0.05, 0) is 31.2 Å². The number of aliphatic imine (C=N–C) groups is 1. The lowest BCUT2D eigenvalue weighted by Gasteiger charge is -2.29. The second-order valence-electron chi connectivity index (χ2n) is 6.87. The number of aliphatic hydroxyl groups excluding tert-OH is 1. The molecule has 1 aromatic heterocycles. The predicted molar refractivity (Wildman–Crippen MR) is 106 cm³/mol. The fourth-order valence-electron chi connectivity index (χ4n) is 3.77. The molecule has 1 amide bonds. The molecule has 0 aliphatic carbocycles. The Kier molecular flexibility index (Phi) is 3.45. The molecule has 138 valence electrons. The Hall–Kier alpha value is -3.74. The molecule has 0 radical (unpaired) electrons. The van der Waals surface area contributed by atoms with Crippen molar-refractivity contribution in [1.29, 1.82) is 0 Å². The second kappa shape index (κ2) is 5.88. The lowest BCUT2D eigenvalue weighted by molar-refractivity contribution is 0.0948. The van der Waals surface area contributed by atoms with Gasteiger partial charge in [-0.1, -0.05) is 24.3 Å². The summed E-state index contributed by atoms with van der Waals surface area (Å²) in [6.07, 6.45) is 0.297. The number of carbonyl (C=O) groups excluding carboxylic acids is 1. The summed E-state index contributed by atoms with van der Waals surface area (Å²) in [5.41, 5.74) is 1.72. The molecule has 7 nitrogen and oxygen atoms in total. The number of aromatic nitrogens is 2. The van der Waals surface area contributed by atoms with Gasteiger partial charge in [-0.2, -0.15) is 0 Å². The standard InChI is InChI=1S/C21H16N4O3/c1-11(26)14-10-17-19(23-15-8-4-2-6-12(15)20(27)24-17)25-18(14)22-16-9-5-3-7-13(16)21(25)28/h2-9,17,26H,10H2,1H3,(H,24,27)/b14-11-. The molecule has 7 heteroatoms. The van der Waals surface area contributed by atoms with E-state index in [0.717, 1.165) is 0 Å². The van der Waals surface area contributed by atoms with Crippen molar-refractivity contribution in [3.63, 3.8) is 0 Å². The number of rotatable bonds is 0. The highest BCUT2D eigenvalue weighted by molar-refractivity contribution is 6.08. The first kappa shape index (κ1) is 16.4. The van der Waals surface area contributed by atoms with Gasteiger partial charge in [0.1, 0.15) is 11.7 Å². The van der Waals surface area contributed by atoms with E-state index in [1.165, 1.54) is 4.57 Å². The van der Waals surface area contributed by atoms with Crippen molar-refractivity contribution in [2.75, 3.05) is 0 Å². The Morgan fingerprint density at radius 1 is 1.14 bits per heavy atom. The highest BCUT2D eigenvalue weighted by Crippen LogP contribution is 2.31. The Balaban J connectivity index is 1.89. The number of benzene rings is 2. The first-order valence-electron chi connectivity index (χ1n) is 8.94. The zero-order valence-electron chi connectivity index (χ0n) is 15.0. The van der Waals surface area contributed by atoms with Crippen LogP contribution in [0.1, 0.15) is 29.5 Å². The molecule has 28 heavy (non-hydrogen) atoms. The van der Waals surface area contributed by atoms with E-state index in [2.05, 4.69) is 15.3 Å². The lowest BCUT2D eigenvalue weighted by atomic mass is 9.98. The molecule has 1 atom stereocenters. The van der Waals surface area contributed by atoms with Crippen LogP contribution in [0.3, 0.4) is 0 Å². The van der Waals surface area contributed by atoms with Crippen LogP contribution in [0.5, 0.6) is 0 Å². The molecule has 3 heterocycles. The summed E-state index contributed by atoms with van der Waals surface area (Å²) >= 11 is 0. The molecule has 0 bridgehead atoms. The number of nitrogens with one attached hydrogen (secondary N) is 1. The van der Waals surface area contributed by atoms with E-state index >= 15 is 0 Å². The summed E-state index contributed by atoms with van der Waals surface area (Å²) in [5, 5.41) is 13.6. The Morgan fingerprint density at radius 2 is 1.89 bits per heavy atom. The molecule has 2 aromatic carbocycles. The van der Waals surface area contributed by atoms with Gasteiger partial charge in [-0.3, -0.25) is 9.59 Å². The molecule has 0 fully saturated rings. The zero-order chi connectivity index (χ0) is 19.4. The highest BCUT2D eigenvalue weighted by atomic mass is 16.3. The lowest BCUT2D eigenvalue weighted by Crippen LogP contribution is -2.49. The summed E-state index contributed by atoms with van der Waals surface area (Å²) in [4.78, 5) is 35.3. The van der Waals surface area contributed by atoms with Gasteiger partial charge < -0.3 is 10.4 Å². The quantitative estimate of drug-likeness (QED) is 0.593. The van der Waals surface area contributed by atoms with Crippen LogP contribution in [-0.4, -0.2) is 32.4 Å². The van der Waals surface area contributed by atoms with Gasteiger partial charge in [0.05, 0.1) is 34.0 Å². The Morgan fingerprint density at radius 3 is 2.71 bits per heavy atom. The SMILES string of the molecule is C/C(O)=C1\CC2NC(=O)c3ccccc3N=C2n2c1nc1ccccc1c2=O. The minimum absolute atomic E-state index is 0.0611. The van der Waals surface area contributed by atoms with Gasteiger partial charge in [0.2, 0.25) is 0 Å². The topological polar surface area (TPSA) is 96.6 Å². The second-order valence-corrected chi connectivity index (χ2v) is 6.87. The van der Waals surface area contributed by atoms with Crippen LogP contribution in [0.25, 0.3) is 16.5 Å². The number of fused-ring (bicyclic) bond motifs is 5. The van der Waals surface area contributed by atoms with Crippen molar-refractivity contribution in [1.82, 2.24) is 14.9 Å². The number of para-hydroxylation sites is 2. The van der Waals surface area contributed by atoms with Crippen molar-refractivity contribution < 1.29 is 9.90 Å². The Bertz CT molecular complexity index is 1280. The normalized spacial score (nSPS) is 19.7. The summed E-state index contributed by atoms with van der Waals surface area (Å²) in [7, 11) is 0. The van der Waals surface area contributed by atoms with Crippen LogP contribution >= 0.6 is 0 Å². The maximum absolute atomic E-state index is 13.3. The van der Waals surface area contributed by atoms with E-state index in [9.17, 15) is 14.7 Å². The minimum atomic E-state index is -0.551. The third-order valence-electron chi connectivity index (χ3n) is 5.12. The van der Waals surface area contributed by atoms with Crippen molar-refractivity contribution >= 4 is 33.9 Å². The van der Waals surface area contributed by atoms with Crippen molar-refractivity contribution in [3.8, 4) is 0 Å². The molecule has 0 spiro atoms. The number of nitrogens with zero attached hydrogens (tertiary/aromatic N) is 3. The summed E-state index contributed by atoms with van der Waals surface area (Å²) in [5.74, 6) is 0.555. The molecular weight excluding hydrogens is 356 g/mol. The maximum atomic E-state index is 13.3. The van der Waals surface area contributed by atoms with Gasteiger partial charge in [0, 0.05) is 12.0 Å². The van der Waals surface area contributed by atoms with Crippen LogP contribution in [-0.2, 0) is 0 Å². The highest BCUT2D eigenvalue weighted by Gasteiger charge is 2.35. The fraction of sp³-hybridized carbons (Fsp3) is 0.143. The minimum Gasteiger partial charge on any atom is -0.512 e. The van der Waals surface area contributed by atoms with Gasteiger partial charge in [0.15, 0.2) is 0 Å². The number of hydrogen-bond acceptors (Lipinski definition) is 5. The van der Waals surface area contributed by atoms with Crippen molar-refractivity contribution in [2.24, 2.45) is 4.99 Å². The molecular formula is C21H16N4O3. The number of carbonyl (C=O) groups is 1. The van der Waals surface area contributed by atoms with E-state index in [0.29, 0.717) is 45.8 Å². The van der Waals surface area contributed by atoms with Crippen LogP contribution in [0.2, 0.25) is 0 Å². The monoisotopic (exact) mass is 372 g/mol. The maximum Gasteiger partial charge on any atom is 0.267 e. The van der Waals surface area contributed by atoms with E-state index in [4.69, 9.17) is 0 Å². The smallest absolute Gasteiger partial charge is 0.267 e. The zero-order valence-corrected chi connectivity index (χ0v) is 15.0. The van der Waals surface area contributed by atoms with Crippen LogP contribution in [0.4, 0.5) is 5.69 Å². The fourth-order valence-corrected chi connectivity index (χ4v) is 3.77. The Labute approximate surface area is 159 Å². The van der Waals surface area contributed by atoms with Gasteiger partial charge >= 0.3 is 0 Å². The largest absolute Gasteiger partial charge is 0.512 e. The molecule has 0 saturated carbocycles. The molecule has 2 aliphatic heterocycles. The molecule has 0 saturated heterocycles. The van der Waals surface area contributed by atoms with Crippen LogP contribution in [0.15, 0.2) is 64.1 Å². The number of hydrogen-bond donors (Lipinski definition) is 2. The number of amides is 1. The van der Waals surface area contributed by atoms with E-state index in [1.54, 1.807) is 49.4 Å². The van der Waals surface area contributed by atoms with Gasteiger partial charge in [-0.25, -0.2) is 14.5 Å². The van der Waals surface area contributed by atoms with Crippen LogP contribution < -0.4 is 10.9 Å². The number of aliphatic hydroxyl groups is 1. The molecule has 5 rings (SSSR count). The first-order chi connectivity index (χ1) is 13.5. The molecule has 2 N–H and O–H groups in total. The predicted octanol–water partition coefficient (Wildman–Crippen LogP) is 2.78. The van der Waals surface area contributed by atoms with Crippen molar-refractivity contribution in [3.05, 3.63) is 76.0 Å². The van der Waals surface area contributed by atoms with Crippen molar-refractivity contribution in [2.45, 2.75) is 19.4 Å². The average Bonchev–Trinajstić information content (AvgIpc) is 2.83. The first-order valence-corrected chi connectivity index (χ1v) is 8.94. The molecule has 3 aromatic rings. The number of allylic oxidation sites excluding steroid dienone is 1. The third-order valence-corrected chi connectivity index (χ3v) is 5.12. The summed E-state index contributed by atoms with van der Waals surface area (Å²) in [6, 6.07) is 13.5. The summed E-state index contributed by atoms with van der Waals surface area (Å²) in [6.45, 7) is 1.55. The van der Waals surface area contributed by atoms with E-state index < -0.39 is 6.04 Å². The van der Waals surface area contributed by atoms with Crippen LogP contribution in [0, 0.1) is 0 Å². The third kappa shape index (κ3) is 2.29. The van der Waals surface area contributed by atoms with Gasteiger partial charge in [-0.15, -0.1) is 0 Å². The molecule has 2 aliphatic rings. The van der Waals surface area contributed by atoms with E-state index in [-0.39, 0.29) is 17.2 Å². The van der Waals surface area contributed by atoms with Gasteiger partial charge in [0.25, 0.3) is 11.5 Å². The molecule has 1 unspecified atom stereocenters. The summed E-state index contributed by atoms with van der Waals surface area (Å²) < 4.78 is 1.41. The van der Waals surface area contributed by atoms with E-state index in [1.807, 2.05) is 6.07 Å². The average molecular weight is 372 g/mol.